The summed E-state index contributed by atoms with van der Waals surface area (Å²) in [5.41, 5.74) is 0.991. The summed E-state index contributed by atoms with van der Waals surface area (Å²) in [5.74, 6) is 1.05. The molecular formula is C18H19Cl2NO3. The third-order valence-corrected chi connectivity index (χ3v) is 3.97. The van der Waals surface area contributed by atoms with Gasteiger partial charge in [0.05, 0.1) is 6.54 Å². The van der Waals surface area contributed by atoms with Crippen LogP contribution in [0.5, 0.6) is 11.5 Å². The van der Waals surface area contributed by atoms with Gasteiger partial charge in [0.2, 0.25) is 0 Å². The van der Waals surface area contributed by atoms with Crippen LogP contribution < -0.4 is 14.8 Å². The molecule has 2 aromatic rings. The van der Waals surface area contributed by atoms with Gasteiger partial charge in [-0.2, -0.15) is 0 Å². The monoisotopic (exact) mass is 367 g/mol. The number of amides is 1. The van der Waals surface area contributed by atoms with E-state index in [0.29, 0.717) is 34.7 Å². The Balaban J connectivity index is 1.72. The number of aryl methyl sites for hydroxylation is 1. The van der Waals surface area contributed by atoms with Gasteiger partial charge in [0.25, 0.3) is 5.91 Å². The maximum Gasteiger partial charge on any atom is 0.260 e. The van der Waals surface area contributed by atoms with Crippen LogP contribution in [0.4, 0.5) is 0 Å². The quantitative estimate of drug-likeness (QED) is 0.743. The molecule has 0 saturated carbocycles. The molecule has 0 heterocycles. The molecule has 0 fully saturated rings. The first-order valence-corrected chi connectivity index (χ1v) is 8.30. The van der Waals surface area contributed by atoms with Gasteiger partial charge in [-0.25, -0.2) is 0 Å². The number of hydrogen-bond donors (Lipinski definition) is 1. The van der Waals surface area contributed by atoms with Crippen molar-refractivity contribution in [1.29, 1.82) is 0 Å². The van der Waals surface area contributed by atoms with Crippen LogP contribution in [0, 0.1) is 6.92 Å². The van der Waals surface area contributed by atoms with Crippen molar-refractivity contribution in [2.75, 3.05) is 13.2 Å². The zero-order valence-electron chi connectivity index (χ0n) is 13.5. The van der Waals surface area contributed by atoms with Crippen molar-refractivity contribution in [2.24, 2.45) is 0 Å². The van der Waals surface area contributed by atoms with Gasteiger partial charge >= 0.3 is 0 Å². The van der Waals surface area contributed by atoms with Gasteiger partial charge in [-0.1, -0.05) is 29.3 Å². The molecule has 2 rings (SSSR count). The summed E-state index contributed by atoms with van der Waals surface area (Å²) in [6.07, 6.45) is -0.611. The van der Waals surface area contributed by atoms with Gasteiger partial charge in [-0.15, -0.1) is 0 Å². The molecule has 0 saturated heterocycles. The minimum atomic E-state index is -0.611. The first-order chi connectivity index (χ1) is 11.5. The highest BCUT2D eigenvalue weighted by Gasteiger charge is 2.14. The van der Waals surface area contributed by atoms with E-state index in [9.17, 15) is 4.79 Å². The molecule has 0 aliphatic heterocycles. The first-order valence-electron chi connectivity index (χ1n) is 7.54. The van der Waals surface area contributed by atoms with Crippen molar-refractivity contribution in [3.63, 3.8) is 0 Å². The molecule has 2 aromatic carbocycles. The summed E-state index contributed by atoms with van der Waals surface area (Å²) < 4.78 is 11.1. The van der Waals surface area contributed by atoms with Crippen molar-refractivity contribution in [1.82, 2.24) is 5.32 Å². The number of ether oxygens (including phenoxy) is 2. The third kappa shape index (κ3) is 5.62. The maximum absolute atomic E-state index is 12.0. The minimum Gasteiger partial charge on any atom is -0.492 e. The van der Waals surface area contributed by atoms with Crippen molar-refractivity contribution >= 4 is 29.1 Å². The summed E-state index contributed by atoms with van der Waals surface area (Å²) in [6.45, 7) is 4.33. The van der Waals surface area contributed by atoms with Crippen molar-refractivity contribution < 1.29 is 14.3 Å². The molecule has 128 valence electrons. The van der Waals surface area contributed by atoms with E-state index in [0.717, 1.165) is 5.56 Å². The molecule has 24 heavy (non-hydrogen) atoms. The molecule has 1 amide bonds. The lowest BCUT2D eigenvalue weighted by atomic mass is 10.2. The highest BCUT2D eigenvalue weighted by molar-refractivity contribution is 6.31. The van der Waals surface area contributed by atoms with E-state index in [2.05, 4.69) is 5.32 Å². The van der Waals surface area contributed by atoms with Crippen LogP contribution in [-0.4, -0.2) is 25.2 Å². The number of carbonyl (C=O) groups is 1. The molecule has 0 aromatic heterocycles. The summed E-state index contributed by atoms with van der Waals surface area (Å²) in [4.78, 5) is 12.0. The van der Waals surface area contributed by atoms with Crippen LogP contribution in [0.3, 0.4) is 0 Å². The molecular weight excluding hydrogens is 349 g/mol. The van der Waals surface area contributed by atoms with Gasteiger partial charge in [-0.05, 0) is 55.8 Å². The average Bonchev–Trinajstić information content (AvgIpc) is 2.56. The third-order valence-electron chi connectivity index (χ3n) is 3.31. The van der Waals surface area contributed by atoms with Crippen LogP contribution in [0.25, 0.3) is 0 Å². The van der Waals surface area contributed by atoms with Crippen molar-refractivity contribution in [2.45, 2.75) is 20.0 Å². The SMILES string of the molecule is Cc1ccc(OCCNC(=O)[C@H](C)Oc2ccc(Cl)cc2)cc1Cl. The number of rotatable bonds is 7. The van der Waals surface area contributed by atoms with E-state index in [1.807, 2.05) is 19.1 Å². The topological polar surface area (TPSA) is 47.6 Å². The molecule has 4 nitrogen and oxygen atoms in total. The predicted molar refractivity (Wildman–Crippen MR) is 96.2 cm³/mol. The molecule has 0 aliphatic carbocycles. The summed E-state index contributed by atoms with van der Waals surface area (Å²) >= 11 is 11.8. The van der Waals surface area contributed by atoms with Crippen molar-refractivity contribution in [3.8, 4) is 11.5 Å². The number of carbonyl (C=O) groups excluding carboxylic acids is 1. The Morgan fingerprint density at radius 2 is 1.79 bits per heavy atom. The zero-order chi connectivity index (χ0) is 17.5. The smallest absolute Gasteiger partial charge is 0.260 e. The second-order valence-electron chi connectivity index (χ2n) is 5.26. The molecule has 0 aliphatic rings. The molecule has 6 heteroatoms. The highest BCUT2D eigenvalue weighted by Crippen LogP contribution is 2.21. The Hall–Kier alpha value is -1.91. The van der Waals surface area contributed by atoms with Crippen LogP contribution in [0.15, 0.2) is 42.5 Å². The first kappa shape index (κ1) is 18.4. The Morgan fingerprint density at radius 3 is 2.46 bits per heavy atom. The molecule has 0 bridgehead atoms. The van der Waals surface area contributed by atoms with E-state index in [1.165, 1.54) is 0 Å². The van der Waals surface area contributed by atoms with Gasteiger partial charge < -0.3 is 14.8 Å². The zero-order valence-corrected chi connectivity index (χ0v) is 15.0. The van der Waals surface area contributed by atoms with E-state index in [-0.39, 0.29) is 5.91 Å². The van der Waals surface area contributed by atoms with Crippen LogP contribution in [0.2, 0.25) is 10.0 Å². The number of hydrogen-bond acceptors (Lipinski definition) is 3. The van der Waals surface area contributed by atoms with Crippen molar-refractivity contribution in [3.05, 3.63) is 58.1 Å². The van der Waals surface area contributed by atoms with E-state index in [1.54, 1.807) is 37.3 Å². The minimum absolute atomic E-state index is 0.213. The highest BCUT2D eigenvalue weighted by atomic mass is 35.5. The van der Waals surface area contributed by atoms with Crippen LogP contribution in [0.1, 0.15) is 12.5 Å². The Bertz CT molecular complexity index is 689. The number of benzene rings is 2. The normalized spacial score (nSPS) is 11.7. The fourth-order valence-electron chi connectivity index (χ4n) is 1.92. The van der Waals surface area contributed by atoms with Gasteiger partial charge in [-0.3, -0.25) is 4.79 Å². The molecule has 1 atom stereocenters. The molecule has 0 unspecified atom stereocenters. The molecule has 1 N–H and O–H groups in total. The van der Waals surface area contributed by atoms with Gasteiger partial charge in [0, 0.05) is 10.0 Å². The van der Waals surface area contributed by atoms with E-state index in [4.69, 9.17) is 32.7 Å². The fraction of sp³-hybridized carbons (Fsp3) is 0.278. The largest absolute Gasteiger partial charge is 0.492 e. The fourth-order valence-corrected chi connectivity index (χ4v) is 2.22. The average molecular weight is 368 g/mol. The Morgan fingerprint density at radius 1 is 1.12 bits per heavy atom. The number of nitrogens with one attached hydrogen (secondary N) is 1. The lowest BCUT2D eigenvalue weighted by Gasteiger charge is -2.15. The summed E-state index contributed by atoms with van der Waals surface area (Å²) in [5, 5.41) is 4.03. The lowest BCUT2D eigenvalue weighted by Crippen LogP contribution is -2.38. The van der Waals surface area contributed by atoms with Gasteiger partial charge in [0.15, 0.2) is 6.10 Å². The Kier molecular flexibility index (Phi) is 6.76. The maximum atomic E-state index is 12.0. The number of halogens is 2. The van der Waals surface area contributed by atoms with Gasteiger partial charge in [0.1, 0.15) is 18.1 Å². The van der Waals surface area contributed by atoms with E-state index >= 15 is 0 Å². The summed E-state index contributed by atoms with van der Waals surface area (Å²) in [7, 11) is 0. The standard InChI is InChI=1S/C18H19Cl2NO3/c1-12-3-6-16(11-17(12)20)23-10-9-21-18(22)13(2)24-15-7-4-14(19)5-8-15/h3-8,11,13H,9-10H2,1-2H3,(H,21,22)/t13-/m0/s1. The molecule has 0 spiro atoms. The lowest BCUT2D eigenvalue weighted by molar-refractivity contribution is -0.127. The second-order valence-corrected chi connectivity index (χ2v) is 6.11. The Labute approximate surface area is 151 Å². The summed E-state index contributed by atoms with van der Waals surface area (Å²) in [6, 6.07) is 12.3. The van der Waals surface area contributed by atoms with Crippen LogP contribution >= 0.6 is 23.2 Å². The second kappa shape index (κ2) is 8.81. The van der Waals surface area contributed by atoms with Crippen LogP contribution in [-0.2, 0) is 4.79 Å². The van der Waals surface area contributed by atoms with E-state index < -0.39 is 6.10 Å². The molecule has 0 radical (unpaired) electrons. The predicted octanol–water partition coefficient (Wildman–Crippen LogP) is 4.26.